The predicted octanol–water partition coefficient (Wildman–Crippen LogP) is 2.59. The number of amides is 3. The van der Waals surface area contributed by atoms with E-state index in [4.69, 9.17) is 0 Å². The van der Waals surface area contributed by atoms with Crippen LogP contribution in [0, 0.1) is 0 Å². The largest absolute Gasteiger partial charge is 0.337 e. The summed E-state index contributed by atoms with van der Waals surface area (Å²) in [5.74, 6) is -0.220. The number of carbonyl (C=O) groups is 2. The highest BCUT2D eigenvalue weighted by Crippen LogP contribution is 2.22. The van der Waals surface area contributed by atoms with Crippen LogP contribution in [0.15, 0.2) is 54.6 Å². The van der Waals surface area contributed by atoms with Gasteiger partial charge >= 0.3 is 6.03 Å². The Kier molecular flexibility index (Phi) is 3.69. The van der Waals surface area contributed by atoms with Crippen molar-refractivity contribution in [3.8, 4) is 0 Å². The van der Waals surface area contributed by atoms with Gasteiger partial charge in [0.1, 0.15) is 0 Å². The fourth-order valence-electron chi connectivity index (χ4n) is 2.47. The van der Waals surface area contributed by atoms with Gasteiger partial charge in [0.05, 0.1) is 6.54 Å². The summed E-state index contributed by atoms with van der Waals surface area (Å²) in [5, 5.41) is 2.80. The zero-order chi connectivity index (χ0) is 14.7. The highest BCUT2D eigenvalue weighted by Gasteiger charge is 2.31. The summed E-state index contributed by atoms with van der Waals surface area (Å²) >= 11 is 0. The van der Waals surface area contributed by atoms with E-state index in [2.05, 4.69) is 5.32 Å². The molecule has 0 aliphatic carbocycles. The van der Waals surface area contributed by atoms with Crippen molar-refractivity contribution in [1.29, 1.82) is 0 Å². The molecule has 0 spiro atoms. The van der Waals surface area contributed by atoms with Gasteiger partial charge < -0.3 is 5.32 Å². The van der Waals surface area contributed by atoms with Gasteiger partial charge in [0.2, 0.25) is 0 Å². The molecule has 3 amide bonds. The molecule has 1 N–H and O–H groups in total. The zero-order valence-corrected chi connectivity index (χ0v) is 11.6. The second kappa shape index (κ2) is 5.79. The number of hydrogen-bond donors (Lipinski definition) is 1. The van der Waals surface area contributed by atoms with E-state index in [0.29, 0.717) is 18.7 Å². The van der Waals surface area contributed by atoms with E-state index in [1.807, 2.05) is 48.5 Å². The lowest BCUT2D eigenvalue weighted by Crippen LogP contribution is -2.40. The molecule has 1 aliphatic heterocycles. The van der Waals surface area contributed by atoms with Crippen molar-refractivity contribution in [3.05, 3.63) is 71.3 Å². The number of benzene rings is 2. The van der Waals surface area contributed by atoms with Crippen molar-refractivity contribution in [2.24, 2.45) is 0 Å². The fraction of sp³-hybridized carbons (Fsp3) is 0.176. The van der Waals surface area contributed by atoms with E-state index < -0.39 is 0 Å². The number of nitrogens with zero attached hydrogens (tertiary/aromatic N) is 1. The zero-order valence-electron chi connectivity index (χ0n) is 11.6. The van der Waals surface area contributed by atoms with Gasteiger partial charge in [0.15, 0.2) is 0 Å². The molecule has 21 heavy (non-hydrogen) atoms. The number of carbonyl (C=O) groups excluding carboxylic acids is 2. The summed E-state index contributed by atoms with van der Waals surface area (Å²) in [6.45, 7) is 0.870. The molecule has 4 nitrogen and oxygen atoms in total. The van der Waals surface area contributed by atoms with Crippen molar-refractivity contribution in [2.75, 3.05) is 6.54 Å². The van der Waals surface area contributed by atoms with E-state index in [0.717, 1.165) is 17.5 Å². The maximum absolute atomic E-state index is 12.1. The Morgan fingerprint density at radius 1 is 1.05 bits per heavy atom. The van der Waals surface area contributed by atoms with Crippen LogP contribution in [0.3, 0.4) is 0 Å². The predicted molar refractivity (Wildman–Crippen MR) is 79.9 cm³/mol. The minimum atomic E-state index is -0.327. The molecular weight excluding hydrogens is 264 g/mol. The van der Waals surface area contributed by atoms with Crippen molar-refractivity contribution in [2.45, 2.75) is 13.0 Å². The second-order valence-electron chi connectivity index (χ2n) is 5.02. The third-order valence-electron chi connectivity index (χ3n) is 3.60. The summed E-state index contributed by atoms with van der Waals surface area (Å²) in [6.07, 6.45) is 0.752. The molecule has 0 saturated carbocycles. The Morgan fingerprint density at radius 2 is 1.76 bits per heavy atom. The van der Waals surface area contributed by atoms with Crippen molar-refractivity contribution >= 4 is 11.9 Å². The van der Waals surface area contributed by atoms with Crippen LogP contribution in [0.4, 0.5) is 4.79 Å². The molecule has 1 aliphatic rings. The van der Waals surface area contributed by atoms with Crippen molar-refractivity contribution < 1.29 is 9.59 Å². The monoisotopic (exact) mass is 280 g/mol. The Hall–Kier alpha value is -2.62. The Labute approximate surface area is 123 Å². The number of imide groups is 1. The molecular formula is C17H16N2O2. The molecule has 0 aromatic heterocycles. The average molecular weight is 280 g/mol. The minimum absolute atomic E-state index is 0.220. The van der Waals surface area contributed by atoms with Gasteiger partial charge in [-0.1, -0.05) is 48.5 Å². The van der Waals surface area contributed by atoms with Crippen molar-refractivity contribution in [3.63, 3.8) is 0 Å². The Bertz CT molecular complexity index is 668. The van der Waals surface area contributed by atoms with E-state index in [1.165, 1.54) is 4.90 Å². The van der Waals surface area contributed by atoms with Gasteiger partial charge in [-0.3, -0.25) is 9.69 Å². The van der Waals surface area contributed by atoms with E-state index >= 15 is 0 Å². The van der Waals surface area contributed by atoms with E-state index in [9.17, 15) is 9.59 Å². The summed E-state index contributed by atoms with van der Waals surface area (Å²) in [5.41, 5.74) is 2.69. The smallest absolute Gasteiger partial charge is 0.324 e. The summed E-state index contributed by atoms with van der Waals surface area (Å²) in [6, 6.07) is 16.9. The fourth-order valence-corrected chi connectivity index (χ4v) is 2.47. The highest BCUT2D eigenvalue weighted by molar-refractivity contribution is 6.07. The third-order valence-corrected chi connectivity index (χ3v) is 3.60. The lowest BCUT2D eigenvalue weighted by atomic mass is 10.1. The molecule has 0 bridgehead atoms. The van der Waals surface area contributed by atoms with Gasteiger partial charge in [0, 0.05) is 12.1 Å². The SMILES string of the molecule is O=C(NCCc1ccccc1)N1Cc2ccccc2C1=O. The lowest BCUT2D eigenvalue weighted by Gasteiger charge is -2.14. The molecule has 0 saturated heterocycles. The molecule has 1 heterocycles. The van der Waals surface area contributed by atoms with Gasteiger partial charge in [0.25, 0.3) is 5.91 Å². The van der Waals surface area contributed by atoms with E-state index in [1.54, 1.807) is 6.07 Å². The molecule has 106 valence electrons. The number of fused-ring (bicyclic) bond motifs is 1. The standard InChI is InChI=1S/C17H16N2O2/c20-16-15-9-5-4-8-14(15)12-19(16)17(21)18-11-10-13-6-2-1-3-7-13/h1-9H,10-12H2,(H,18,21). The molecule has 0 fully saturated rings. The molecule has 3 rings (SSSR count). The molecule has 0 unspecified atom stereocenters. The first-order chi connectivity index (χ1) is 10.3. The van der Waals surface area contributed by atoms with Crippen LogP contribution < -0.4 is 5.32 Å². The Morgan fingerprint density at radius 3 is 2.52 bits per heavy atom. The first-order valence-electron chi connectivity index (χ1n) is 6.97. The molecule has 2 aromatic rings. The quantitative estimate of drug-likeness (QED) is 0.939. The van der Waals surface area contributed by atoms with E-state index in [-0.39, 0.29) is 11.9 Å². The van der Waals surface area contributed by atoms with Gasteiger partial charge in [-0.05, 0) is 23.6 Å². The topological polar surface area (TPSA) is 49.4 Å². The van der Waals surface area contributed by atoms with Crippen LogP contribution in [-0.2, 0) is 13.0 Å². The van der Waals surface area contributed by atoms with Gasteiger partial charge in [-0.15, -0.1) is 0 Å². The second-order valence-corrected chi connectivity index (χ2v) is 5.02. The van der Waals surface area contributed by atoms with Crippen molar-refractivity contribution in [1.82, 2.24) is 10.2 Å². The number of hydrogen-bond acceptors (Lipinski definition) is 2. The molecule has 0 radical (unpaired) electrons. The van der Waals surface area contributed by atoms with Crippen LogP contribution in [0.1, 0.15) is 21.5 Å². The average Bonchev–Trinajstić information content (AvgIpc) is 2.86. The van der Waals surface area contributed by atoms with Gasteiger partial charge in [-0.25, -0.2) is 4.79 Å². The molecule has 0 atom stereocenters. The maximum Gasteiger partial charge on any atom is 0.324 e. The van der Waals surface area contributed by atoms with Crippen LogP contribution >= 0.6 is 0 Å². The third kappa shape index (κ3) is 2.79. The van der Waals surface area contributed by atoms with Crippen LogP contribution in [0.5, 0.6) is 0 Å². The Balaban J connectivity index is 1.57. The normalized spacial score (nSPS) is 13.1. The molecule has 2 aromatic carbocycles. The first-order valence-corrected chi connectivity index (χ1v) is 6.97. The van der Waals surface area contributed by atoms with Gasteiger partial charge in [-0.2, -0.15) is 0 Å². The van der Waals surface area contributed by atoms with Crippen LogP contribution in [0.25, 0.3) is 0 Å². The summed E-state index contributed by atoms with van der Waals surface area (Å²) < 4.78 is 0. The minimum Gasteiger partial charge on any atom is -0.337 e. The maximum atomic E-state index is 12.1. The highest BCUT2D eigenvalue weighted by atomic mass is 16.2. The number of nitrogens with one attached hydrogen (secondary N) is 1. The number of urea groups is 1. The summed E-state index contributed by atoms with van der Waals surface area (Å²) in [4.78, 5) is 25.5. The van der Waals surface area contributed by atoms with Crippen LogP contribution in [0.2, 0.25) is 0 Å². The lowest BCUT2D eigenvalue weighted by molar-refractivity contribution is 0.0821. The number of rotatable bonds is 3. The summed E-state index contributed by atoms with van der Waals surface area (Å²) in [7, 11) is 0. The first kappa shape index (κ1) is 13.4. The molecule has 4 heteroatoms. The van der Waals surface area contributed by atoms with Crippen LogP contribution in [-0.4, -0.2) is 23.4 Å².